The van der Waals surface area contributed by atoms with Gasteiger partial charge in [0.05, 0.1) is 4.75 Å². The molecule has 1 aromatic carbocycles. The zero-order valence-electron chi connectivity index (χ0n) is 12.8. The highest BCUT2D eigenvalue weighted by molar-refractivity contribution is 7.92. The maximum atomic E-state index is 12.0. The summed E-state index contributed by atoms with van der Waals surface area (Å²) in [5.41, 5.74) is 8.43. The van der Waals surface area contributed by atoms with Crippen molar-refractivity contribution in [3.05, 3.63) is 35.4 Å². The molecule has 4 heteroatoms. The zero-order chi connectivity index (χ0) is 15.1. The predicted molar refractivity (Wildman–Crippen MR) is 86.0 cm³/mol. The van der Waals surface area contributed by atoms with Gasteiger partial charge in [0, 0.05) is 18.2 Å². The molecule has 2 saturated carbocycles. The lowest BCUT2D eigenvalue weighted by Crippen LogP contribution is -2.37. The normalized spacial score (nSPS) is 23.7. The summed E-state index contributed by atoms with van der Waals surface area (Å²) in [6, 6.07) is 8.29. The molecular formula is C17H25NO2S. The van der Waals surface area contributed by atoms with Crippen LogP contribution < -0.4 is 5.73 Å². The standard InChI is InChI=1S/C17H25NO2S/c1-21(19,20)17(11-12-17)15-7-5-14(6-8-15)16(13-18)9-3-2-4-10-16/h5-8H,2-4,9-13,18H2,1H3. The van der Waals surface area contributed by atoms with Crippen molar-refractivity contribution in [3.63, 3.8) is 0 Å². The minimum Gasteiger partial charge on any atom is -0.330 e. The molecular weight excluding hydrogens is 282 g/mol. The minimum atomic E-state index is -3.03. The molecule has 0 amide bonds. The molecule has 0 saturated heterocycles. The first-order chi connectivity index (χ1) is 9.94. The van der Waals surface area contributed by atoms with Crippen LogP contribution in [0.25, 0.3) is 0 Å². The first kappa shape index (κ1) is 15.0. The van der Waals surface area contributed by atoms with Crippen molar-refractivity contribution in [2.24, 2.45) is 5.73 Å². The van der Waals surface area contributed by atoms with Gasteiger partial charge < -0.3 is 5.73 Å². The van der Waals surface area contributed by atoms with Gasteiger partial charge in [0.15, 0.2) is 9.84 Å². The van der Waals surface area contributed by atoms with Gasteiger partial charge >= 0.3 is 0 Å². The molecule has 21 heavy (non-hydrogen) atoms. The van der Waals surface area contributed by atoms with Crippen LogP contribution in [0.4, 0.5) is 0 Å². The Labute approximate surface area is 127 Å². The van der Waals surface area contributed by atoms with E-state index >= 15 is 0 Å². The van der Waals surface area contributed by atoms with E-state index in [0.717, 1.165) is 31.2 Å². The topological polar surface area (TPSA) is 60.2 Å². The number of hydrogen-bond donors (Lipinski definition) is 1. The largest absolute Gasteiger partial charge is 0.330 e. The van der Waals surface area contributed by atoms with Crippen LogP contribution in [0.2, 0.25) is 0 Å². The first-order valence-corrected chi connectivity index (χ1v) is 9.83. The van der Waals surface area contributed by atoms with Gasteiger partial charge in [0.2, 0.25) is 0 Å². The smallest absolute Gasteiger partial charge is 0.157 e. The Morgan fingerprint density at radius 2 is 1.48 bits per heavy atom. The molecule has 2 aliphatic carbocycles. The Morgan fingerprint density at radius 1 is 0.952 bits per heavy atom. The Hall–Kier alpha value is -0.870. The second kappa shape index (κ2) is 5.10. The molecule has 0 heterocycles. The average Bonchev–Trinajstić information content (AvgIpc) is 3.29. The van der Waals surface area contributed by atoms with Gasteiger partial charge in [-0.1, -0.05) is 43.5 Å². The van der Waals surface area contributed by atoms with Crippen LogP contribution in [0.5, 0.6) is 0 Å². The van der Waals surface area contributed by atoms with E-state index in [1.54, 1.807) is 0 Å². The molecule has 0 spiro atoms. The summed E-state index contributed by atoms with van der Waals surface area (Å²) in [5.74, 6) is 0. The third-order valence-electron chi connectivity index (χ3n) is 5.64. The summed E-state index contributed by atoms with van der Waals surface area (Å²) in [5, 5.41) is 0. The fraction of sp³-hybridized carbons (Fsp3) is 0.647. The van der Waals surface area contributed by atoms with Crippen molar-refractivity contribution in [2.45, 2.75) is 55.1 Å². The monoisotopic (exact) mass is 307 g/mol. The van der Waals surface area contributed by atoms with Crippen LogP contribution in [-0.4, -0.2) is 21.2 Å². The summed E-state index contributed by atoms with van der Waals surface area (Å²) >= 11 is 0. The Balaban J connectivity index is 1.91. The molecule has 0 aliphatic heterocycles. The molecule has 2 fully saturated rings. The van der Waals surface area contributed by atoms with Crippen molar-refractivity contribution in [3.8, 4) is 0 Å². The van der Waals surface area contributed by atoms with E-state index in [2.05, 4.69) is 12.1 Å². The molecule has 0 bridgehead atoms. The molecule has 0 atom stereocenters. The highest BCUT2D eigenvalue weighted by atomic mass is 32.2. The van der Waals surface area contributed by atoms with Crippen LogP contribution >= 0.6 is 0 Å². The van der Waals surface area contributed by atoms with Crippen LogP contribution in [0.15, 0.2) is 24.3 Å². The highest BCUT2D eigenvalue weighted by Gasteiger charge is 2.53. The highest BCUT2D eigenvalue weighted by Crippen LogP contribution is 2.52. The zero-order valence-corrected chi connectivity index (χ0v) is 13.6. The number of sulfone groups is 1. The second-order valence-corrected chi connectivity index (χ2v) is 9.21. The second-order valence-electron chi connectivity index (χ2n) is 6.89. The van der Waals surface area contributed by atoms with Gasteiger partial charge in [-0.25, -0.2) is 8.42 Å². The van der Waals surface area contributed by atoms with E-state index in [1.165, 1.54) is 31.1 Å². The average molecular weight is 307 g/mol. The predicted octanol–water partition coefficient (Wildman–Crippen LogP) is 2.88. The lowest BCUT2D eigenvalue weighted by Gasteiger charge is -2.37. The summed E-state index contributed by atoms with van der Waals surface area (Å²) in [6.45, 7) is 0.684. The molecule has 2 N–H and O–H groups in total. The molecule has 2 aliphatic rings. The van der Waals surface area contributed by atoms with E-state index in [9.17, 15) is 8.42 Å². The van der Waals surface area contributed by atoms with E-state index < -0.39 is 14.6 Å². The first-order valence-electron chi connectivity index (χ1n) is 7.94. The van der Waals surface area contributed by atoms with Crippen molar-refractivity contribution in [2.75, 3.05) is 12.8 Å². The maximum absolute atomic E-state index is 12.0. The fourth-order valence-corrected chi connectivity index (χ4v) is 5.36. The number of benzene rings is 1. The van der Waals surface area contributed by atoms with Crippen molar-refractivity contribution in [1.82, 2.24) is 0 Å². The van der Waals surface area contributed by atoms with Crippen molar-refractivity contribution >= 4 is 9.84 Å². The van der Waals surface area contributed by atoms with Gasteiger partial charge in [0.25, 0.3) is 0 Å². The Kier molecular flexibility index (Phi) is 3.65. The van der Waals surface area contributed by atoms with Gasteiger partial charge in [0.1, 0.15) is 0 Å². The number of hydrogen-bond acceptors (Lipinski definition) is 3. The van der Waals surface area contributed by atoms with Crippen LogP contribution in [-0.2, 0) is 20.0 Å². The molecule has 116 valence electrons. The summed E-state index contributed by atoms with van der Waals surface area (Å²) in [4.78, 5) is 0. The fourth-order valence-electron chi connectivity index (χ4n) is 3.95. The van der Waals surface area contributed by atoms with E-state index in [1.807, 2.05) is 12.1 Å². The maximum Gasteiger partial charge on any atom is 0.157 e. The quantitative estimate of drug-likeness (QED) is 0.930. The molecule has 0 radical (unpaired) electrons. The SMILES string of the molecule is CS(=O)(=O)C1(c2ccc(C3(CN)CCCCC3)cc2)CC1. The van der Waals surface area contributed by atoms with Gasteiger partial charge in [-0.15, -0.1) is 0 Å². The van der Waals surface area contributed by atoms with Crippen LogP contribution in [0.1, 0.15) is 56.1 Å². The summed E-state index contributed by atoms with van der Waals surface area (Å²) in [6.07, 6.45) is 8.96. The van der Waals surface area contributed by atoms with E-state index in [-0.39, 0.29) is 5.41 Å². The molecule has 0 aromatic heterocycles. The molecule has 0 unspecified atom stereocenters. The van der Waals surface area contributed by atoms with E-state index in [4.69, 9.17) is 5.73 Å². The Morgan fingerprint density at radius 3 is 1.90 bits per heavy atom. The number of rotatable bonds is 4. The summed E-state index contributed by atoms with van der Waals surface area (Å²) < 4.78 is 23.4. The van der Waals surface area contributed by atoms with Crippen LogP contribution in [0, 0.1) is 0 Å². The number of nitrogens with two attached hydrogens (primary N) is 1. The van der Waals surface area contributed by atoms with Crippen molar-refractivity contribution < 1.29 is 8.42 Å². The third kappa shape index (κ3) is 2.42. The lowest BCUT2D eigenvalue weighted by atomic mass is 9.69. The van der Waals surface area contributed by atoms with Crippen molar-refractivity contribution in [1.29, 1.82) is 0 Å². The van der Waals surface area contributed by atoms with Gasteiger partial charge in [-0.2, -0.15) is 0 Å². The summed E-state index contributed by atoms with van der Waals surface area (Å²) in [7, 11) is -3.03. The molecule has 1 aromatic rings. The van der Waals surface area contributed by atoms with E-state index in [0.29, 0.717) is 6.54 Å². The van der Waals surface area contributed by atoms with Gasteiger partial charge in [-0.05, 0) is 36.8 Å². The minimum absolute atomic E-state index is 0.110. The third-order valence-corrected chi connectivity index (χ3v) is 7.70. The van der Waals surface area contributed by atoms with Crippen LogP contribution in [0.3, 0.4) is 0 Å². The lowest BCUT2D eigenvalue weighted by molar-refractivity contribution is 0.301. The molecule has 3 rings (SSSR count). The Bertz CT molecular complexity index is 609. The van der Waals surface area contributed by atoms with Gasteiger partial charge in [-0.3, -0.25) is 0 Å². The molecule has 3 nitrogen and oxygen atoms in total.